The molecule has 0 atom stereocenters. The lowest BCUT2D eigenvalue weighted by atomic mass is 10.3. The van der Waals surface area contributed by atoms with Crippen molar-refractivity contribution in [2.75, 3.05) is 5.32 Å². The molecular weight excluding hydrogens is 248 g/mol. The van der Waals surface area contributed by atoms with Gasteiger partial charge in [-0.05, 0) is 12.1 Å². The van der Waals surface area contributed by atoms with Gasteiger partial charge in [0.25, 0.3) is 12.5 Å². The molecule has 6 nitrogen and oxygen atoms in total. The normalized spacial score (nSPS) is 10.3. The van der Waals surface area contributed by atoms with Crippen molar-refractivity contribution in [1.29, 1.82) is 0 Å². The van der Waals surface area contributed by atoms with Crippen LogP contribution in [0.25, 0.3) is 0 Å². The Morgan fingerprint density at radius 3 is 2.83 bits per heavy atom. The maximum absolute atomic E-state index is 12.9. The van der Waals surface area contributed by atoms with Gasteiger partial charge in [0.1, 0.15) is 5.95 Å². The van der Waals surface area contributed by atoms with Gasteiger partial charge in [0.2, 0.25) is 6.20 Å². The number of amides is 1. The Labute approximate surface area is 99.4 Å². The first-order chi connectivity index (χ1) is 8.54. The molecule has 0 saturated heterocycles. The van der Waals surface area contributed by atoms with Gasteiger partial charge in [-0.15, -0.1) is 0 Å². The molecule has 0 aliphatic rings. The summed E-state index contributed by atoms with van der Waals surface area (Å²) in [6.45, 7) is -0.273. The molecule has 1 heterocycles. The summed E-state index contributed by atoms with van der Waals surface area (Å²) in [6.07, 6.45) is 0.991. The Kier molecular flexibility index (Phi) is 3.18. The highest BCUT2D eigenvalue weighted by Crippen LogP contribution is 2.12. The maximum atomic E-state index is 12.9. The second-order valence-electron chi connectivity index (χ2n) is 3.40. The topological polar surface area (TPSA) is 82.1 Å². The summed E-state index contributed by atoms with van der Waals surface area (Å²) in [7, 11) is 0. The average molecular weight is 255 g/mol. The van der Waals surface area contributed by atoms with E-state index in [1.807, 2.05) is 0 Å². The SMILES string of the molecule is O=C(C[n+]1cc([O-])on1)Nc1ccc(F)c(F)c1. The van der Waals surface area contributed by atoms with E-state index >= 15 is 0 Å². The van der Waals surface area contributed by atoms with Gasteiger partial charge in [0.05, 0.1) is 5.27 Å². The van der Waals surface area contributed by atoms with E-state index in [2.05, 4.69) is 15.1 Å². The summed E-state index contributed by atoms with van der Waals surface area (Å²) >= 11 is 0. The Bertz CT molecular complexity index is 585. The third-order valence-corrected chi connectivity index (χ3v) is 2.00. The minimum absolute atomic E-state index is 0.102. The molecule has 0 radical (unpaired) electrons. The van der Waals surface area contributed by atoms with Gasteiger partial charge in [0.15, 0.2) is 11.6 Å². The molecule has 0 fully saturated rings. The molecule has 0 aliphatic carbocycles. The zero-order valence-electron chi connectivity index (χ0n) is 8.89. The number of aromatic nitrogens is 2. The molecule has 1 aromatic heterocycles. The van der Waals surface area contributed by atoms with Crippen molar-refractivity contribution in [2.45, 2.75) is 6.54 Å². The summed E-state index contributed by atoms with van der Waals surface area (Å²) in [5, 5.41) is 16.2. The van der Waals surface area contributed by atoms with Gasteiger partial charge in [-0.1, -0.05) is 4.68 Å². The highest BCUT2D eigenvalue weighted by Gasteiger charge is 2.13. The molecule has 2 aromatic rings. The summed E-state index contributed by atoms with van der Waals surface area (Å²) in [6, 6.07) is 2.95. The van der Waals surface area contributed by atoms with Crippen LogP contribution in [0.2, 0.25) is 0 Å². The molecule has 0 saturated carbocycles. The summed E-state index contributed by atoms with van der Waals surface area (Å²) < 4.78 is 30.7. The van der Waals surface area contributed by atoms with Crippen LogP contribution < -0.4 is 15.1 Å². The van der Waals surface area contributed by atoms with E-state index in [0.717, 1.165) is 23.0 Å². The fraction of sp³-hybridized carbons (Fsp3) is 0.100. The Balaban J connectivity index is 2.00. The molecule has 1 N–H and O–H groups in total. The van der Waals surface area contributed by atoms with Crippen LogP contribution in [0.4, 0.5) is 14.5 Å². The van der Waals surface area contributed by atoms with Crippen molar-refractivity contribution < 1.29 is 27.9 Å². The van der Waals surface area contributed by atoms with Crippen LogP contribution in [0, 0.1) is 11.6 Å². The molecule has 0 bridgehead atoms. The Morgan fingerprint density at radius 2 is 2.22 bits per heavy atom. The number of anilines is 1. The standard InChI is InChI=1S/C10H7F2N3O3/c11-7-2-1-6(3-8(7)12)13-9(16)4-15-5-10(17)18-14-15/h1-3,5H,4H2,(H-,13,14,16,17). The van der Waals surface area contributed by atoms with Gasteiger partial charge in [-0.3, -0.25) is 4.79 Å². The number of rotatable bonds is 3. The monoisotopic (exact) mass is 255 g/mol. The van der Waals surface area contributed by atoms with E-state index in [4.69, 9.17) is 0 Å². The van der Waals surface area contributed by atoms with Crippen molar-refractivity contribution in [3.63, 3.8) is 0 Å². The predicted octanol–water partition coefficient (Wildman–Crippen LogP) is -0.0474. The van der Waals surface area contributed by atoms with Crippen LogP contribution in [0.3, 0.4) is 0 Å². The van der Waals surface area contributed by atoms with Crippen LogP contribution >= 0.6 is 0 Å². The molecule has 2 rings (SSSR count). The number of nitrogens with one attached hydrogen (secondary N) is 1. The third kappa shape index (κ3) is 2.78. The molecule has 8 heteroatoms. The van der Waals surface area contributed by atoms with E-state index in [9.17, 15) is 18.7 Å². The first-order valence-corrected chi connectivity index (χ1v) is 4.83. The Morgan fingerprint density at radius 1 is 1.44 bits per heavy atom. The van der Waals surface area contributed by atoms with Gasteiger partial charge < -0.3 is 14.9 Å². The van der Waals surface area contributed by atoms with Crippen LogP contribution in [0.15, 0.2) is 28.9 Å². The van der Waals surface area contributed by atoms with Gasteiger partial charge >= 0.3 is 0 Å². The number of halogens is 2. The van der Waals surface area contributed by atoms with Crippen molar-refractivity contribution in [3.8, 4) is 5.95 Å². The quantitative estimate of drug-likeness (QED) is 0.780. The zero-order chi connectivity index (χ0) is 13.1. The lowest BCUT2D eigenvalue weighted by molar-refractivity contribution is -0.750. The van der Waals surface area contributed by atoms with Gasteiger partial charge in [0, 0.05) is 11.8 Å². The number of nitrogens with zero attached hydrogens (tertiary/aromatic N) is 2. The number of hydrogen-bond acceptors (Lipinski definition) is 4. The minimum atomic E-state index is -1.07. The van der Waals surface area contributed by atoms with Crippen molar-refractivity contribution >= 4 is 11.6 Å². The maximum Gasteiger partial charge on any atom is 0.292 e. The smallest absolute Gasteiger partial charge is 0.292 e. The van der Waals surface area contributed by atoms with Crippen LogP contribution in [-0.4, -0.2) is 11.2 Å². The van der Waals surface area contributed by atoms with Crippen molar-refractivity contribution in [2.24, 2.45) is 0 Å². The van der Waals surface area contributed by atoms with E-state index in [0.29, 0.717) is 0 Å². The van der Waals surface area contributed by atoms with E-state index < -0.39 is 23.5 Å². The molecule has 94 valence electrons. The van der Waals surface area contributed by atoms with Gasteiger partial charge in [-0.2, -0.15) is 0 Å². The van der Waals surface area contributed by atoms with Crippen LogP contribution in [0.5, 0.6) is 5.95 Å². The molecule has 0 aliphatic heterocycles. The fourth-order valence-electron chi connectivity index (χ4n) is 1.26. The molecule has 0 spiro atoms. The predicted molar refractivity (Wildman–Crippen MR) is 51.1 cm³/mol. The average Bonchev–Trinajstić information content (AvgIpc) is 2.69. The molecule has 0 unspecified atom stereocenters. The zero-order valence-corrected chi connectivity index (χ0v) is 8.89. The van der Waals surface area contributed by atoms with E-state index in [1.54, 1.807) is 0 Å². The molecule has 1 aromatic carbocycles. The lowest BCUT2D eigenvalue weighted by Crippen LogP contribution is -2.41. The summed E-state index contributed by atoms with van der Waals surface area (Å²) in [4.78, 5) is 11.5. The summed E-state index contributed by atoms with van der Waals surface area (Å²) in [5.74, 6) is -3.31. The second-order valence-corrected chi connectivity index (χ2v) is 3.40. The van der Waals surface area contributed by atoms with Gasteiger partial charge in [-0.25, -0.2) is 8.78 Å². The minimum Gasteiger partial charge on any atom is -0.539 e. The fourth-order valence-corrected chi connectivity index (χ4v) is 1.26. The molecule has 18 heavy (non-hydrogen) atoms. The van der Waals surface area contributed by atoms with E-state index in [1.165, 1.54) is 6.07 Å². The van der Waals surface area contributed by atoms with E-state index in [-0.39, 0.29) is 12.2 Å². The molecular formula is C10H7F2N3O3. The number of carbonyl (C=O) groups excluding carboxylic acids is 1. The van der Waals surface area contributed by atoms with Crippen LogP contribution in [-0.2, 0) is 11.3 Å². The molecule has 1 amide bonds. The number of carbonyl (C=O) groups is 1. The number of hydrogen-bond donors (Lipinski definition) is 1. The van der Waals surface area contributed by atoms with Crippen molar-refractivity contribution in [1.82, 2.24) is 5.27 Å². The van der Waals surface area contributed by atoms with Crippen molar-refractivity contribution in [3.05, 3.63) is 36.0 Å². The first kappa shape index (κ1) is 12.0. The summed E-state index contributed by atoms with van der Waals surface area (Å²) in [5.41, 5.74) is 0.102. The number of benzene rings is 1. The second kappa shape index (κ2) is 4.78. The highest BCUT2D eigenvalue weighted by molar-refractivity contribution is 5.89. The Hall–Kier alpha value is -2.51. The first-order valence-electron chi connectivity index (χ1n) is 4.83. The van der Waals surface area contributed by atoms with Crippen LogP contribution in [0.1, 0.15) is 0 Å². The largest absolute Gasteiger partial charge is 0.539 e. The highest BCUT2D eigenvalue weighted by atomic mass is 19.2. The third-order valence-electron chi connectivity index (χ3n) is 2.00. The lowest BCUT2D eigenvalue weighted by Gasteiger charge is -2.02.